The van der Waals surface area contributed by atoms with Crippen LogP contribution in [0.3, 0.4) is 0 Å². The lowest BCUT2D eigenvalue weighted by atomic mass is 10.1. The molecule has 0 unspecified atom stereocenters. The maximum absolute atomic E-state index is 13.5. The van der Waals surface area contributed by atoms with Gasteiger partial charge in [-0.25, -0.2) is 8.42 Å². The first-order valence-electron chi connectivity index (χ1n) is 13.2. The Balaban J connectivity index is 1.55. The monoisotopic (exact) mass is 650 g/mol. The van der Waals surface area contributed by atoms with Crippen LogP contribution >= 0.6 is 15.9 Å². The van der Waals surface area contributed by atoms with E-state index in [1.165, 1.54) is 19.2 Å². The van der Waals surface area contributed by atoms with E-state index < -0.39 is 28.1 Å². The first kappa shape index (κ1) is 31.0. The van der Waals surface area contributed by atoms with Crippen LogP contribution in [-0.4, -0.2) is 46.1 Å². The summed E-state index contributed by atoms with van der Waals surface area (Å²) < 4.78 is 40.9. The summed E-state index contributed by atoms with van der Waals surface area (Å²) in [6, 6.07) is 30.0. The summed E-state index contributed by atoms with van der Waals surface area (Å²) in [4.78, 5) is 26.3. The molecule has 0 aliphatic rings. The molecule has 0 aliphatic carbocycles. The fraction of sp³-hybridized carbons (Fsp3) is 0.188. The number of nitrogens with one attached hydrogen (secondary N) is 2. The van der Waals surface area contributed by atoms with Crippen molar-refractivity contribution in [3.8, 4) is 5.75 Å². The van der Waals surface area contributed by atoms with Gasteiger partial charge in [-0.1, -0.05) is 94.8 Å². The third-order valence-electron chi connectivity index (χ3n) is 6.40. The minimum atomic E-state index is -4.21. The molecule has 0 spiro atoms. The minimum Gasteiger partial charge on any atom is -0.495 e. The highest BCUT2D eigenvalue weighted by Crippen LogP contribution is 2.27. The van der Waals surface area contributed by atoms with Gasteiger partial charge in [0.15, 0.2) is 0 Å². The fourth-order valence-corrected chi connectivity index (χ4v) is 6.22. The fourth-order valence-electron chi connectivity index (χ4n) is 4.33. The first-order chi connectivity index (χ1) is 20.2. The number of carbonyl (C=O) groups excluding carboxylic acids is 2. The largest absolute Gasteiger partial charge is 0.495 e. The Morgan fingerprint density at radius 3 is 1.98 bits per heavy atom. The van der Waals surface area contributed by atoms with Gasteiger partial charge in [-0.3, -0.25) is 9.59 Å². The highest BCUT2D eigenvalue weighted by Gasteiger charge is 2.30. The van der Waals surface area contributed by atoms with Crippen molar-refractivity contribution in [3.63, 3.8) is 0 Å². The molecule has 42 heavy (non-hydrogen) atoms. The molecule has 0 saturated heterocycles. The van der Waals surface area contributed by atoms with Gasteiger partial charge in [-0.05, 0) is 54.3 Å². The number of rotatable bonds is 13. The quantitative estimate of drug-likeness (QED) is 0.199. The highest BCUT2D eigenvalue weighted by molar-refractivity contribution is 9.10. The van der Waals surface area contributed by atoms with Gasteiger partial charge >= 0.3 is 5.97 Å². The van der Waals surface area contributed by atoms with Crippen molar-refractivity contribution in [1.29, 1.82) is 0 Å². The number of esters is 1. The predicted molar refractivity (Wildman–Crippen MR) is 164 cm³/mol. The van der Waals surface area contributed by atoms with Crippen molar-refractivity contribution < 1.29 is 27.5 Å². The summed E-state index contributed by atoms with van der Waals surface area (Å²) in [6.07, 6.45) is 0.450. The molecule has 4 aromatic carbocycles. The first-order valence-corrected chi connectivity index (χ1v) is 15.5. The average molecular weight is 652 g/mol. The zero-order valence-corrected chi connectivity index (χ0v) is 25.3. The van der Waals surface area contributed by atoms with Gasteiger partial charge in [0, 0.05) is 10.0 Å². The molecule has 0 aromatic heterocycles. The number of hydrogen-bond donors (Lipinski definition) is 2. The molecule has 0 radical (unpaired) electrons. The Morgan fingerprint density at radius 2 is 1.38 bits per heavy atom. The van der Waals surface area contributed by atoms with Crippen LogP contribution in [0.15, 0.2) is 119 Å². The van der Waals surface area contributed by atoms with Gasteiger partial charge < -0.3 is 14.8 Å². The number of methoxy groups -OCH3 is 1. The minimum absolute atomic E-state index is 0.0505. The van der Waals surface area contributed by atoms with E-state index in [2.05, 4.69) is 26.0 Å². The Bertz CT molecular complexity index is 1590. The second-order valence-corrected chi connectivity index (χ2v) is 12.1. The topological polar surface area (TPSA) is 111 Å². The van der Waals surface area contributed by atoms with E-state index >= 15 is 0 Å². The summed E-state index contributed by atoms with van der Waals surface area (Å²) in [5, 5.41) is 2.94. The van der Waals surface area contributed by atoms with Gasteiger partial charge in [0.25, 0.3) is 5.91 Å². The third kappa shape index (κ3) is 8.75. The number of amides is 1. The van der Waals surface area contributed by atoms with Crippen molar-refractivity contribution in [3.05, 3.63) is 130 Å². The summed E-state index contributed by atoms with van der Waals surface area (Å²) in [6.45, 7) is -0.167. The zero-order valence-electron chi connectivity index (χ0n) is 22.9. The van der Waals surface area contributed by atoms with Gasteiger partial charge in [0.05, 0.1) is 13.2 Å². The Morgan fingerprint density at radius 1 is 0.810 bits per heavy atom. The van der Waals surface area contributed by atoms with Crippen LogP contribution in [0.25, 0.3) is 0 Å². The molecule has 218 valence electrons. The van der Waals surface area contributed by atoms with Crippen LogP contribution in [-0.2, 0) is 32.4 Å². The van der Waals surface area contributed by atoms with Crippen LogP contribution in [0.4, 0.5) is 0 Å². The Kier molecular flexibility index (Phi) is 10.9. The SMILES string of the molecule is COc1ccc(Br)cc1S(=O)(=O)N[C@H](Cc1ccccc1)C(=O)OC[C@H](Cc1ccccc1)NC(=O)c1ccccc1. The second-order valence-electron chi connectivity index (χ2n) is 9.51. The third-order valence-corrected chi connectivity index (χ3v) is 8.39. The van der Waals surface area contributed by atoms with Crippen LogP contribution in [0, 0.1) is 0 Å². The molecule has 0 aliphatic heterocycles. The summed E-state index contributed by atoms with van der Waals surface area (Å²) in [5.74, 6) is -0.955. The highest BCUT2D eigenvalue weighted by atomic mass is 79.9. The van der Waals surface area contributed by atoms with E-state index in [0.29, 0.717) is 16.5 Å². The molecule has 0 heterocycles. The normalized spacial score (nSPS) is 12.6. The van der Waals surface area contributed by atoms with Crippen molar-refractivity contribution in [2.75, 3.05) is 13.7 Å². The average Bonchev–Trinajstić information content (AvgIpc) is 3.00. The second kappa shape index (κ2) is 14.8. The Labute approximate surface area is 254 Å². The predicted octanol–water partition coefficient (Wildman–Crippen LogP) is 4.93. The molecule has 4 rings (SSSR count). The van der Waals surface area contributed by atoms with Crippen LogP contribution < -0.4 is 14.8 Å². The van der Waals surface area contributed by atoms with Crippen LogP contribution in [0.2, 0.25) is 0 Å². The van der Waals surface area contributed by atoms with Gasteiger partial charge in [-0.2, -0.15) is 4.72 Å². The number of ether oxygens (including phenoxy) is 2. The lowest BCUT2D eigenvalue weighted by molar-refractivity contribution is -0.146. The molecule has 4 aromatic rings. The summed E-state index contributed by atoms with van der Waals surface area (Å²) in [7, 11) is -2.84. The Hall–Kier alpha value is -3.99. The molecular weight excluding hydrogens is 620 g/mol. The van der Waals surface area contributed by atoms with Crippen molar-refractivity contribution in [1.82, 2.24) is 10.0 Å². The summed E-state index contributed by atoms with van der Waals surface area (Å²) >= 11 is 3.30. The van der Waals surface area contributed by atoms with E-state index in [1.807, 2.05) is 42.5 Å². The molecule has 2 N–H and O–H groups in total. The molecule has 0 bridgehead atoms. The maximum Gasteiger partial charge on any atom is 0.324 e. The molecule has 2 atom stereocenters. The van der Waals surface area contributed by atoms with Gasteiger partial charge in [-0.15, -0.1) is 0 Å². The van der Waals surface area contributed by atoms with Gasteiger partial charge in [0.2, 0.25) is 10.0 Å². The molecular formula is C32H31BrN2O6S. The van der Waals surface area contributed by atoms with Crippen molar-refractivity contribution >= 4 is 37.8 Å². The van der Waals surface area contributed by atoms with E-state index in [0.717, 1.165) is 11.1 Å². The molecule has 10 heteroatoms. The number of halogens is 1. The number of sulfonamides is 1. The molecule has 8 nitrogen and oxygen atoms in total. The van der Waals surface area contributed by atoms with E-state index in [4.69, 9.17) is 9.47 Å². The smallest absolute Gasteiger partial charge is 0.324 e. The van der Waals surface area contributed by atoms with E-state index in [-0.39, 0.29) is 29.6 Å². The molecule has 0 fully saturated rings. The standard InChI is InChI=1S/C32H31BrN2O6S/c1-40-29-18-17-26(33)21-30(29)42(38,39)35-28(20-24-13-7-3-8-14-24)32(37)41-22-27(19-23-11-5-2-6-12-23)34-31(36)25-15-9-4-10-16-25/h2-18,21,27-28,35H,19-20,22H2,1H3,(H,34,36)/t27-,28+/m0/s1. The number of benzene rings is 4. The van der Waals surface area contributed by atoms with E-state index in [1.54, 1.807) is 54.6 Å². The number of carbonyl (C=O) groups is 2. The summed E-state index contributed by atoms with van der Waals surface area (Å²) in [5.41, 5.74) is 2.15. The van der Waals surface area contributed by atoms with Crippen molar-refractivity contribution in [2.45, 2.75) is 29.8 Å². The maximum atomic E-state index is 13.5. The molecule has 0 saturated carbocycles. The molecule has 1 amide bonds. The lowest BCUT2D eigenvalue weighted by Crippen LogP contribution is -2.46. The van der Waals surface area contributed by atoms with Gasteiger partial charge in [0.1, 0.15) is 23.3 Å². The lowest BCUT2D eigenvalue weighted by Gasteiger charge is -2.22. The van der Waals surface area contributed by atoms with Crippen LogP contribution in [0.5, 0.6) is 5.75 Å². The number of hydrogen-bond acceptors (Lipinski definition) is 6. The zero-order chi connectivity index (χ0) is 30.0. The van der Waals surface area contributed by atoms with E-state index in [9.17, 15) is 18.0 Å². The van der Waals surface area contributed by atoms with Crippen molar-refractivity contribution in [2.24, 2.45) is 0 Å². The van der Waals surface area contributed by atoms with Crippen LogP contribution in [0.1, 0.15) is 21.5 Å².